The first-order valence-electron chi connectivity index (χ1n) is 4.83. The van der Waals surface area contributed by atoms with Crippen LogP contribution in [0.4, 0.5) is 8.78 Å². The van der Waals surface area contributed by atoms with E-state index in [9.17, 15) is 13.9 Å². The molecule has 0 spiro atoms. The molecule has 1 N–H and O–H groups in total. The lowest BCUT2D eigenvalue weighted by Crippen LogP contribution is -2.32. The molecule has 4 heteroatoms. The molecule has 1 unspecified atom stereocenters. The van der Waals surface area contributed by atoms with Gasteiger partial charge in [-0.25, -0.2) is 8.78 Å². The monoisotopic (exact) mass is 214 g/mol. The van der Waals surface area contributed by atoms with Crippen LogP contribution in [-0.2, 0) is 11.2 Å². The first kappa shape index (κ1) is 10.5. The average Bonchev–Trinajstić information content (AvgIpc) is 2.59. The third-order valence-electron chi connectivity index (χ3n) is 2.61. The van der Waals surface area contributed by atoms with Crippen LogP contribution in [0.1, 0.15) is 12.0 Å². The van der Waals surface area contributed by atoms with Crippen LogP contribution in [0.15, 0.2) is 18.2 Å². The van der Waals surface area contributed by atoms with Gasteiger partial charge in [-0.05, 0) is 23.8 Å². The van der Waals surface area contributed by atoms with Gasteiger partial charge in [-0.3, -0.25) is 0 Å². The third kappa shape index (κ3) is 2.33. The number of rotatable bonds is 2. The summed E-state index contributed by atoms with van der Waals surface area (Å²) in [6, 6.07) is 3.25. The summed E-state index contributed by atoms with van der Waals surface area (Å²) in [5, 5.41) is 9.95. The van der Waals surface area contributed by atoms with Crippen LogP contribution in [-0.4, -0.2) is 23.9 Å². The fourth-order valence-corrected chi connectivity index (χ4v) is 1.77. The molecule has 0 aliphatic carbocycles. The predicted molar refractivity (Wildman–Crippen MR) is 50.4 cm³/mol. The van der Waals surface area contributed by atoms with E-state index in [1.165, 1.54) is 0 Å². The molecule has 15 heavy (non-hydrogen) atoms. The Balaban J connectivity index is 2.19. The summed E-state index contributed by atoms with van der Waals surface area (Å²) in [6.45, 7) is 0.649. The fraction of sp³-hybridized carbons (Fsp3) is 0.455. The molecule has 0 amide bonds. The van der Waals surface area contributed by atoms with E-state index in [0.717, 1.165) is 18.2 Å². The molecule has 1 aliphatic heterocycles. The van der Waals surface area contributed by atoms with Gasteiger partial charge in [-0.1, -0.05) is 0 Å². The summed E-state index contributed by atoms with van der Waals surface area (Å²) in [4.78, 5) is 0. The molecule has 0 bridgehead atoms. The Bertz CT molecular complexity index is 360. The minimum atomic E-state index is -1.05. The van der Waals surface area contributed by atoms with Crippen molar-refractivity contribution in [3.05, 3.63) is 35.4 Å². The molecule has 1 heterocycles. The Hall–Kier alpha value is -1.00. The van der Waals surface area contributed by atoms with E-state index in [1.807, 2.05) is 0 Å². The van der Waals surface area contributed by atoms with Gasteiger partial charge >= 0.3 is 0 Å². The van der Waals surface area contributed by atoms with Gasteiger partial charge in [0, 0.05) is 19.4 Å². The summed E-state index contributed by atoms with van der Waals surface area (Å²) >= 11 is 0. The van der Waals surface area contributed by atoms with Gasteiger partial charge in [-0.15, -0.1) is 0 Å². The van der Waals surface area contributed by atoms with E-state index in [2.05, 4.69) is 0 Å². The Labute approximate surface area is 86.5 Å². The van der Waals surface area contributed by atoms with Gasteiger partial charge in [0.2, 0.25) is 0 Å². The Morgan fingerprint density at radius 2 is 2.20 bits per heavy atom. The van der Waals surface area contributed by atoms with Crippen LogP contribution in [0.3, 0.4) is 0 Å². The van der Waals surface area contributed by atoms with E-state index in [-0.39, 0.29) is 18.6 Å². The Kier molecular flexibility index (Phi) is 2.71. The summed E-state index contributed by atoms with van der Waals surface area (Å²) in [5.41, 5.74) is -0.850. The van der Waals surface area contributed by atoms with Crippen molar-refractivity contribution in [1.29, 1.82) is 0 Å². The number of hydrogen-bond donors (Lipinski definition) is 1. The highest BCUT2D eigenvalue weighted by molar-refractivity contribution is 5.21. The Morgan fingerprint density at radius 1 is 1.40 bits per heavy atom. The summed E-state index contributed by atoms with van der Waals surface area (Å²) in [5.74, 6) is -0.981. The molecule has 1 aliphatic rings. The lowest BCUT2D eigenvalue weighted by atomic mass is 9.93. The number of halogens is 2. The van der Waals surface area contributed by atoms with Crippen molar-refractivity contribution in [3.63, 3.8) is 0 Å². The van der Waals surface area contributed by atoms with Crippen LogP contribution in [0.5, 0.6) is 0 Å². The van der Waals surface area contributed by atoms with E-state index in [1.54, 1.807) is 0 Å². The van der Waals surface area contributed by atoms with Crippen molar-refractivity contribution < 1.29 is 18.6 Å². The molecule has 82 valence electrons. The van der Waals surface area contributed by atoms with Crippen molar-refractivity contribution in [3.8, 4) is 0 Å². The minimum absolute atomic E-state index is 0.0938. The quantitative estimate of drug-likeness (QED) is 0.811. The summed E-state index contributed by atoms with van der Waals surface area (Å²) < 4.78 is 31.2. The first-order chi connectivity index (χ1) is 7.09. The number of hydrogen-bond acceptors (Lipinski definition) is 2. The average molecular weight is 214 g/mol. The SMILES string of the molecule is OC1(Cc2cc(F)ccc2F)CCOC1. The molecular formula is C11H12F2O2. The van der Waals surface area contributed by atoms with E-state index < -0.39 is 17.2 Å². The second-order valence-corrected chi connectivity index (χ2v) is 3.94. The summed E-state index contributed by atoms with van der Waals surface area (Å²) in [7, 11) is 0. The van der Waals surface area contributed by atoms with Gasteiger partial charge < -0.3 is 9.84 Å². The minimum Gasteiger partial charge on any atom is -0.387 e. The number of benzene rings is 1. The first-order valence-corrected chi connectivity index (χ1v) is 4.83. The van der Waals surface area contributed by atoms with E-state index >= 15 is 0 Å². The largest absolute Gasteiger partial charge is 0.387 e. The third-order valence-corrected chi connectivity index (χ3v) is 2.61. The van der Waals surface area contributed by atoms with Crippen LogP contribution < -0.4 is 0 Å². The van der Waals surface area contributed by atoms with Gasteiger partial charge in [0.1, 0.15) is 11.6 Å². The van der Waals surface area contributed by atoms with Crippen LogP contribution in [0.2, 0.25) is 0 Å². The molecule has 1 aromatic rings. The zero-order valence-corrected chi connectivity index (χ0v) is 8.17. The maximum absolute atomic E-state index is 13.3. The van der Waals surface area contributed by atoms with Crippen LogP contribution in [0, 0.1) is 11.6 Å². The zero-order valence-electron chi connectivity index (χ0n) is 8.17. The lowest BCUT2D eigenvalue weighted by molar-refractivity contribution is 0.0263. The molecule has 2 rings (SSSR count). The van der Waals surface area contributed by atoms with Crippen molar-refractivity contribution in [2.24, 2.45) is 0 Å². The topological polar surface area (TPSA) is 29.5 Å². The van der Waals surface area contributed by atoms with Gasteiger partial charge in [0.05, 0.1) is 12.2 Å². The van der Waals surface area contributed by atoms with Crippen molar-refractivity contribution >= 4 is 0 Å². The standard InChI is InChI=1S/C11H12F2O2/c12-9-1-2-10(13)8(5-9)6-11(14)3-4-15-7-11/h1-2,5,14H,3-4,6-7H2. The lowest BCUT2D eigenvalue weighted by Gasteiger charge is -2.20. The highest BCUT2D eigenvalue weighted by Gasteiger charge is 2.33. The highest BCUT2D eigenvalue weighted by atomic mass is 19.1. The second-order valence-electron chi connectivity index (χ2n) is 3.94. The molecule has 0 radical (unpaired) electrons. The molecule has 1 fully saturated rings. The maximum atomic E-state index is 13.3. The fourth-order valence-electron chi connectivity index (χ4n) is 1.77. The molecule has 1 atom stereocenters. The predicted octanol–water partition coefficient (Wildman–Crippen LogP) is 1.66. The van der Waals surface area contributed by atoms with Gasteiger partial charge in [0.25, 0.3) is 0 Å². The molecule has 1 saturated heterocycles. The summed E-state index contributed by atoms with van der Waals surface area (Å²) in [6.07, 6.45) is 0.555. The highest BCUT2D eigenvalue weighted by Crippen LogP contribution is 2.24. The second kappa shape index (κ2) is 3.87. The van der Waals surface area contributed by atoms with Crippen molar-refractivity contribution in [1.82, 2.24) is 0 Å². The van der Waals surface area contributed by atoms with E-state index in [0.29, 0.717) is 13.0 Å². The normalized spacial score (nSPS) is 25.8. The maximum Gasteiger partial charge on any atom is 0.126 e. The molecule has 0 aromatic heterocycles. The van der Waals surface area contributed by atoms with Crippen LogP contribution >= 0.6 is 0 Å². The molecule has 0 saturated carbocycles. The zero-order chi connectivity index (χ0) is 10.9. The number of ether oxygens (including phenoxy) is 1. The smallest absolute Gasteiger partial charge is 0.126 e. The van der Waals surface area contributed by atoms with Gasteiger partial charge in [-0.2, -0.15) is 0 Å². The number of aliphatic hydroxyl groups is 1. The Morgan fingerprint density at radius 3 is 2.87 bits per heavy atom. The van der Waals surface area contributed by atoms with E-state index in [4.69, 9.17) is 4.74 Å². The van der Waals surface area contributed by atoms with Gasteiger partial charge in [0.15, 0.2) is 0 Å². The molecule has 1 aromatic carbocycles. The van der Waals surface area contributed by atoms with Crippen molar-refractivity contribution in [2.45, 2.75) is 18.4 Å². The van der Waals surface area contributed by atoms with Crippen molar-refractivity contribution in [2.75, 3.05) is 13.2 Å². The van der Waals surface area contributed by atoms with Crippen LogP contribution in [0.25, 0.3) is 0 Å². The molecule has 2 nitrogen and oxygen atoms in total. The molecular weight excluding hydrogens is 202 g/mol.